The molecule has 2 aliphatic rings. The minimum absolute atomic E-state index is 0.500. The molecule has 118 valence electrons. The highest BCUT2D eigenvalue weighted by molar-refractivity contribution is 4.89. The molecule has 2 atom stereocenters. The second-order valence-corrected chi connectivity index (χ2v) is 8.54. The summed E-state index contributed by atoms with van der Waals surface area (Å²) in [5, 5.41) is 0. The van der Waals surface area contributed by atoms with Crippen LogP contribution in [0.25, 0.3) is 0 Å². The molecule has 2 heteroatoms. The lowest BCUT2D eigenvalue weighted by atomic mass is 9.75. The van der Waals surface area contributed by atoms with E-state index in [2.05, 4.69) is 51.3 Å². The van der Waals surface area contributed by atoms with Crippen LogP contribution in [0.2, 0.25) is 0 Å². The molecule has 2 unspecified atom stereocenters. The van der Waals surface area contributed by atoms with E-state index in [0.29, 0.717) is 11.5 Å². The van der Waals surface area contributed by atoms with Crippen LogP contribution in [-0.4, -0.2) is 47.6 Å². The first-order valence-corrected chi connectivity index (χ1v) is 8.79. The second-order valence-electron chi connectivity index (χ2n) is 8.54. The van der Waals surface area contributed by atoms with Gasteiger partial charge in [0.05, 0.1) is 0 Å². The fourth-order valence-corrected chi connectivity index (χ4v) is 4.39. The average Bonchev–Trinajstić information content (AvgIpc) is 2.37. The van der Waals surface area contributed by atoms with E-state index in [1.165, 1.54) is 45.3 Å². The van der Waals surface area contributed by atoms with Gasteiger partial charge in [0.25, 0.3) is 0 Å². The van der Waals surface area contributed by atoms with Gasteiger partial charge in [-0.25, -0.2) is 0 Å². The Morgan fingerprint density at radius 2 is 1.55 bits per heavy atom. The molecule has 2 aliphatic heterocycles. The summed E-state index contributed by atoms with van der Waals surface area (Å²) < 4.78 is 0. The summed E-state index contributed by atoms with van der Waals surface area (Å²) in [5.41, 5.74) is 0.500. The summed E-state index contributed by atoms with van der Waals surface area (Å²) in [6.07, 6.45) is 5.56. The van der Waals surface area contributed by atoms with E-state index in [1.807, 2.05) is 0 Å². The van der Waals surface area contributed by atoms with Crippen molar-refractivity contribution in [2.75, 3.05) is 19.6 Å². The Kier molecular flexibility index (Phi) is 5.18. The van der Waals surface area contributed by atoms with E-state index in [9.17, 15) is 0 Å². The molecule has 0 radical (unpaired) electrons. The van der Waals surface area contributed by atoms with Crippen LogP contribution in [0.5, 0.6) is 0 Å². The quantitative estimate of drug-likeness (QED) is 0.754. The van der Waals surface area contributed by atoms with E-state index < -0.39 is 0 Å². The number of hydrogen-bond acceptors (Lipinski definition) is 2. The van der Waals surface area contributed by atoms with Crippen molar-refractivity contribution in [2.45, 2.75) is 85.4 Å². The predicted molar refractivity (Wildman–Crippen MR) is 88.1 cm³/mol. The van der Waals surface area contributed by atoms with E-state index >= 15 is 0 Å². The molecule has 0 bridgehead atoms. The third-order valence-corrected chi connectivity index (χ3v) is 5.83. The Bertz CT molecular complexity index is 297. The molecule has 2 fully saturated rings. The Morgan fingerprint density at radius 3 is 2.00 bits per heavy atom. The SMILES string of the molecule is CC(C)N1CCC(N2CCC(C(C)(C)C)CC2)CC1C. The van der Waals surface area contributed by atoms with Gasteiger partial charge in [0.1, 0.15) is 0 Å². The van der Waals surface area contributed by atoms with E-state index in [4.69, 9.17) is 0 Å². The molecule has 2 heterocycles. The number of rotatable bonds is 2. The third kappa shape index (κ3) is 3.76. The zero-order chi connectivity index (χ0) is 14.9. The lowest BCUT2D eigenvalue weighted by Gasteiger charge is -2.47. The molecule has 20 heavy (non-hydrogen) atoms. The molecule has 0 aromatic rings. The maximum Gasteiger partial charge on any atom is 0.0122 e. The molecule has 0 aromatic heterocycles. The van der Waals surface area contributed by atoms with E-state index in [0.717, 1.165) is 18.0 Å². The summed E-state index contributed by atoms with van der Waals surface area (Å²) in [6.45, 7) is 18.3. The maximum absolute atomic E-state index is 2.80. The normalized spacial score (nSPS) is 31.9. The highest BCUT2D eigenvalue weighted by Crippen LogP contribution is 2.36. The van der Waals surface area contributed by atoms with Crippen molar-refractivity contribution >= 4 is 0 Å². The van der Waals surface area contributed by atoms with Crippen molar-refractivity contribution in [1.29, 1.82) is 0 Å². The summed E-state index contributed by atoms with van der Waals surface area (Å²) in [6, 6.07) is 2.31. The van der Waals surface area contributed by atoms with Crippen LogP contribution in [0.15, 0.2) is 0 Å². The predicted octanol–water partition coefficient (Wildman–Crippen LogP) is 4.01. The standard InChI is InChI=1S/C18H36N2/c1-14(2)20-12-9-17(13-15(20)3)19-10-7-16(8-11-19)18(4,5)6/h14-17H,7-13H2,1-6H3. The van der Waals surface area contributed by atoms with Crippen LogP contribution < -0.4 is 0 Å². The fraction of sp³-hybridized carbons (Fsp3) is 1.00. The number of likely N-dealkylation sites (tertiary alicyclic amines) is 2. The van der Waals surface area contributed by atoms with Gasteiger partial charge >= 0.3 is 0 Å². The molecule has 0 N–H and O–H groups in total. The van der Waals surface area contributed by atoms with Gasteiger partial charge in [-0.2, -0.15) is 0 Å². The number of hydrogen-bond donors (Lipinski definition) is 0. The van der Waals surface area contributed by atoms with Gasteiger partial charge in [-0.1, -0.05) is 20.8 Å². The molecular formula is C18H36N2. The zero-order valence-corrected chi connectivity index (χ0v) is 14.7. The Morgan fingerprint density at radius 1 is 0.950 bits per heavy atom. The highest BCUT2D eigenvalue weighted by Gasteiger charge is 2.34. The highest BCUT2D eigenvalue weighted by atomic mass is 15.2. The summed E-state index contributed by atoms with van der Waals surface area (Å²) in [5.74, 6) is 0.923. The van der Waals surface area contributed by atoms with Gasteiger partial charge in [-0.3, -0.25) is 4.90 Å². The van der Waals surface area contributed by atoms with Crippen molar-refractivity contribution in [3.8, 4) is 0 Å². The lowest BCUT2D eigenvalue weighted by molar-refractivity contribution is 0.0240. The first-order chi connectivity index (χ1) is 9.29. The molecule has 2 rings (SSSR count). The molecule has 0 aromatic carbocycles. The molecular weight excluding hydrogens is 244 g/mol. The van der Waals surface area contributed by atoms with Crippen molar-refractivity contribution < 1.29 is 0 Å². The van der Waals surface area contributed by atoms with E-state index in [1.54, 1.807) is 0 Å². The molecule has 0 saturated carbocycles. The smallest absolute Gasteiger partial charge is 0.0122 e. The van der Waals surface area contributed by atoms with Crippen LogP contribution in [0.4, 0.5) is 0 Å². The molecule has 2 nitrogen and oxygen atoms in total. The van der Waals surface area contributed by atoms with Crippen molar-refractivity contribution in [3.63, 3.8) is 0 Å². The fourth-order valence-electron chi connectivity index (χ4n) is 4.39. The topological polar surface area (TPSA) is 6.48 Å². The zero-order valence-electron chi connectivity index (χ0n) is 14.7. The van der Waals surface area contributed by atoms with Gasteiger partial charge in [0.2, 0.25) is 0 Å². The van der Waals surface area contributed by atoms with Gasteiger partial charge in [0.15, 0.2) is 0 Å². The third-order valence-electron chi connectivity index (χ3n) is 5.83. The largest absolute Gasteiger partial charge is 0.300 e. The Hall–Kier alpha value is -0.0800. The van der Waals surface area contributed by atoms with Crippen LogP contribution >= 0.6 is 0 Å². The first-order valence-electron chi connectivity index (χ1n) is 8.79. The molecule has 0 spiro atoms. The minimum Gasteiger partial charge on any atom is -0.300 e. The Labute approximate surface area is 126 Å². The number of piperidine rings is 2. The molecule has 0 amide bonds. The summed E-state index contributed by atoms with van der Waals surface area (Å²) in [4.78, 5) is 5.48. The monoisotopic (exact) mass is 280 g/mol. The minimum atomic E-state index is 0.500. The Balaban J connectivity index is 1.83. The summed E-state index contributed by atoms with van der Waals surface area (Å²) in [7, 11) is 0. The second kappa shape index (κ2) is 6.36. The van der Waals surface area contributed by atoms with Gasteiger partial charge in [0, 0.05) is 24.7 Å². The van der Waals surface area contributed by atoms with Gasteiger partial charge in [-0.05, 0) is 70.9 Å². The van der Waals surface area contributed by atoms with Gasteiger partial charge in [-0.15, -0.1) is 0 Å². The van der Waals surface area contributed by atoms with Crippen LogP contribution in [0.1, 0.15) is 67.2 Å². The average molecular weight is 280 g/mol. The first kappa shape index (κ1) is 16.3. The van der Waals surface area contributed by atoms with Crippen LogP contribution in [0.3, 0.4) is 0 Å². The maximum atomic E-state index is 2.80. The van der Waals surface area contributed by atoms with Crippen LogP contribution in [-0.2, 0) is 0 Å². The van der Waals surface area contributed by atoms with Gasteiger partial charge < -0.3 is 4.90 Å². The molecule has 2 saturated heterocycles. The van der Waals surface area contributed by atoms with Crippen molar-refractivity contribution in [2.24, 2.45) is 11.3 Å². The van der Waals surface area contributed by atoms with Crippen molar-refractivity contribution in [3.05, 3.63) is 0 Å². The molecule has 0 aliphatic carbocycles. The number of nitrogens with zero attached hydrogens (tertiary/aromatic N) is 2. The summed E-state index contributed by atoms with van der Waals surface area (Å²) >= 11 is 0. The van der Waals surface area contributed by atoms with E-state index in [-0.39, 0.29) is 0 Å². The van der Waals surface area contributed by atoms with Crippen LogP contribution in [0, 0.1) is 11.3 Å². The van der Waals surface area contributed by atoms with Crippen molar-refractivity contribution in [1.82, 2.24) is 9.80 Å². The lowest BCUT2D eigenvalue weighted by Crippen LogP contribution is -2.53.